The van der Waals surface area contributed by atoms with Crippen LogP contribution in [-0.2, 0) is 0 Å². The fourth-order valence-corrected chi connectivity index (χ4v) is 2.50. The molecule has 0 fully saturated rings. The Morgan fingerprint density at radius 2 is 1.78 bits per heavy atom. The molecule has 2 aromatic rings. The van der Waals surface area contributed by atoms with Crippen molar-refractivity contribution < 1.29 is 0 Å². The highest BCUT2D eigenvalue weighted by Gasteiger charge is 2.12. The standard InChI is InChI=1S/C16H14ClN/c17-14-6-7-15(13-8-9-18-11-13)16(10-14)12-4-2-1-3-5-12/h1-8,10,18H,9,11H2. The van der Waals surface area contributed by atoms with Crippen molar-refractivity contribution in [2.75, 3.05) is 13.1 Å². The first-order valence-corrected chi connectivity index (χ1v) is 6.47. The highest BCUT2D eigenvalue weighted by atomic mass is 35.5. The summed E-state index contributed by atoms with van der Waals surface area (Å²) in [4.78, 5) is 0. The Morgan fingerprint density at radius 3 is 2.50 bits per heavy atom. The van der Waals surface area contributed by atoms with E-state index in [0.717, 1.165) is 18.1 Å². The van der Waals surface area contributed by atoms with Crippen molar-refractivity contribution in [2.45, 2.75) is 0 Å². The zero-order chi connectivity index (χ0) is 12.4. The number of hydrogen-bond donors (Lipinski definition) is 1. The maximum atomic E-state index is 6.14. The number of hydrogen-bond acceptors (Lipinski definition) is 1. The lowest BCUT2D eigenvalue weighted by Crippen LogP contribution is -2.07. The van der Waals surface area contributed by atoms with Crippen LogP contribution in [0, 0.1) is 0 Å². The second-order valence-electron chi connectivity index (χ2n) is 4.42. The van der Waals surface area contributed by atoms with E-state index in [0.29, 0.717) is 0 Å². The summed E-state index contributed by atoms with van der Waals surface area (Å²) in [6.45, 7) is 1.88. The second kappa shape index (κ2) is 4.97. The predicted octanol–water partition coefficient (Wildman–Crippen LogP) is 3.99. The fourth-order valence-electron chi connectivity index (χ4n) is 2.33. The summed E-state index contributed by atoms with van der Waals surface area (Å²) >= 11 is 6.14. The van der Waals surface area contributed by atoms with Crippen molar-refractivity contribution in [3.05, 3.63) is 65.2 Å². The molecule has 1 aliphatic rings. The van der Waals surface area contributed by atoms with Gasteiger partial charge in [0.1, 0.15) is 0 Å². The molecule has 0 atom stereocenters. The molecule has 0 aromatic heterocycles. The zero-order valence-electron chi connectivity index (χ0n) is 9.99. The van der Waals surface area contributed by atoms with Crippen molar-refractivity contribution in [1.29, 1.82) is 0 Å². The third-order valence-electron chi connectivity index (χ3n) is 3.22. The molecule has 2 aromatic carbocycles. The maximum Gasteiger partial charge on any atom is 0.0412 e. The zero-order valence-corrected chi connectivity index (χ0v) is 10.7. The summed E-state index contributed by atoms with van der Waals surface area (Å²) < 4.78 is 0. The molecule has 0 unspecified atom stereocenters. The Hall–Kier alpha value is -1.57. The molecule has 0 aliphatic carbocycles. The summed E-state index contributed by atoms with van der Waals surface area (Å²) in [7, 11) is 0. The van der Waals surface area contributed by atoms with Gasteiger partial charge in [-0.15, -0.1) is 0 Å². The Labute approximate surface area is 112 Å². The molecule has 0 bridgehead atoms. The van der Waals surface area contributed by atoms with Crippen LogP contribution in [-0.4, -0.2) is 13.1 Å². The normalized spacial score (nSPS) is 14.6. The molecule has 1 heterocycles. The SMILES string of the molecule is Clc1ccc(C2=CCNC2)c(-c2ccccc2)c1. The van der Waals surface area contributed by atoms with Crippen LogP contribution in [0.15, 0.2) is 54.6 Å². The van der Waals surface area contributed by atoms with E-state index in [4.69, 9.17) is 11.6 Å². The van der Waals surface area contributed by atoms with Gasteiger partial charge in [-0.25, -0.2) is 0 Å². The third-order valence-corrected chi connectivity index (χ3v) is 3.46. The molecule has 0 radical (unpaired) electrons. The van der Waals surface area contributed by atoms with Crippen molar-refractivity contribution in [1.82, 2.24) is 5.32 Å². The summed E-state index contributed by atoms with van der Waals surface area (Å²) in [5, 5.41) is 4.12. The van der Waals surface area contributed by atoms with Crippen molar-refractivity contribution in [2.24, 2.45) is 0 Å². The Balaban J connectivity index is 2.15. The lowest BCUT2D eigenvalue weighted by Gasteiger charge is -2.11. The molecule has 1 N–H and O–H groups in total. The topological polar surface area (TPSA) is 12.0 Å². The van der Waals surface area contributed by atoms with E-state index in [9.17, 15) is 0 Å². The average Bonchev–Trinajstić information content (AvgIpc) is 2.93. The van der Waals surface area contributed by atoms with E-state index in [-0.39, 0.29) is 0 Å². The van der Waals surface area contributed by atoms with Crippen LogP contribution in [0.25, 0.3) is 16.7 Å². The molecule has 0 saturated heterocycles. The van der Waals surface area contributed by atoms with Crippen molar-refractivity contribution >= 4 is 17.2 Å². The van der Waals surface area contributed by atoms with Gasteiger partial charge in [0.05, 0.1) is 0 Å². The minimum Gasteiger partial charge on any atom is -0.309 e. The Morgan fingerprint density at radius 1 is 0.944 bits per heavy atom. The number of rotatable bonds is 2. The van der Waals surface area contributed by atoms with Crippen molar-refractivity contribution in [3.63, 3.8) is 0 Å². The molecule has 0 amide bonds. The highest BCUT2D eigenvalue weighted by Crippen LogP contribution is 2.32. The minimum absolute atomic E-state index is 0.782. The van der Waals surface area contributed by atoms with E-state index in [1.165, 1.54) is 22.3 Å². The number of benzene rings is 2. The van der Waals surface area contributed by atoms with Crippen LogP contribution >= 0.6 is 11.6 Å². The molecule has 1 aliphatic heterocycles. The molecule has 3 rings (SSSR count). The molecule has 0 saturated carbocycles. The number of nitrogens with one attached hydrogen (secondary N) is 1. The van der Waals surface area contributed by atoms with E-state index in [2.05, 4.69) is 41.7 Å². The van der Waals surface area contributed by atoms with Gasteiger partial charge in [0.25, 0.3) is 0 Å². The molecule has 1 nitrogen and oxygen atoms in total. The van der Waals surface area contributed by atoms with Crippen LogP contribution < -0.4 is 5.32 Å². The lowest BCUT2D eigenvalue weighted by molar-refractivity contribution is 0.897. The largest absolute Gasteiger partial charge is 0.309 e. The van der Waals surface area contributed by atoms with Gasteiger partial charge in [-0.2, -0.15) is 0 Å². The molecule has 18 heavy (non-hydrogen) atoms. The van der Waals surface area contributed by atoms with Gasteiger partial charge < -0.3 is 5.32 Å². The monoisotopic (exact) mass is 255 g/mol. The van der Waals surface area contributed by atoms with E-state index in [1.807, 2.05) is 18.2 Å². The van der Waals surface area contributed by atoms with Crippen molar-refractivity contribution in [3.8, 4) is 11.1 Å². The van der Waals surface area contributed by atoms with E-state index < -0.39 is 0 Å². The number of halogens is 1. The summed E-state index contributed by atoms with van der Waals surface area (Å²) in [5.74, 6) is 0. The first-order valence-electron chi connectivity index (χ1n) is 6.10. The van der Waals surface area contributed by atoms with Gasteiger partial charge in [-0.05, 0) is 34.4 Å². The first-order chi connectivity index (χ1) is 8.84. The van der Waals surface area contributed by atoms with E-state index >= 15 is 0 Å². The van der Waals surface area contributed by atoms with Crippen LogP contribution in [0.1, 0.15) is 5.56 Å². The van der Waals surface area contributed by atoms with Gasteiger partial charge in [0.2, 0.25) is 0 Å². The van der Waals surface area contributed by atoms with Crippen LogP contribution in [0.2, 0.25) is 5.02 Å². The smallest absolute Gasteiger partial charge is 0.0412 e. The van der Waals surface area contributed by atoms with Crippen LogP contribution in [0.5, 0.6) is 0 Å². The van der Waals surface area contributed by atoms with Gasteiger partial charge >= 0.3 is 0 Å². The molecular weight excluding hydrogens is 242 g/mol. The third kappa shape index (κ3) is 2.20. The lowest BCUT2D eigenvalue weighted by atomic mass is 9.95. The average molecular weight is 256 g/mol. The molecule has 90 valence electrons. The molecular formula is C16H14ClN. The van der Waals surface area contributed by atoms with Crippen LogP contribution in [0.3, 0.4) is 0 Å². The summed E-state index contributed by atoms with van der Waals surface area (Å²) in [6.07, 6.45) is 2.25. The van der Waals surface area contributed by atoms with Gasteiger partial charge in [0, 0.05) is 18.1 Å². The molecule has 2 heteroatoms. The first kappa shape index (κ1) is 11.5. The second-order valence-corrected chi connectivity index (χ2v) is 4.85. The van der Waals surface area contributed by atoms with Crippen LogP contribution in [0.4, 0.5) is 0 Å². The minimum atomic E-state index is 0.782. The van der Waals surface area contributed by atoms with E-state index in [1.54, 1.807) is 0 Å². The fraction of sp³-hybridized carbons (Fsp3) is 0.125. The Kier molecular flexibility index (Phi) is 3.18. The maximum absolute atomic E-state index is 6.14. The predicted molar refractivity (Wildman–Crippen MR) is 77.7 cm³/mol. The quantitative estimate of drug-likeness (QED) is 0.856. The van der Waals surface area contributed by atoms with Gasteiger partial charge in [0.15, 0.2) is 0 Å². The van der Waals surface area contributed by atoms with Gasteiger partial charge in [-0.1, -0.05) is 54.1 Å². The Bertz CT molecular complexity index is 587. The molecule has 0 spiro atoms. The highest BCUT2D eigenvalue weighted by molar-refractivity contribution is 6.31. The summed E-state index contributed by atoms with van der Waals surface area (Å²) in [6, 6.07) is 16.5. The van der Waals surface area contributed by atoms with Gasteiger partial charge in [-0.3, -0.25) is 0 Å². The summed E-state index contributed by atoms with van der Waals surface area (Å²) in [5.41, 5.74) is 5.04.